The highest BCUT2D eigenvalue weighted by Gasteiger charge is 2.43. The van der Waals surface area contributed by atoms with E-state index < -0.39 is 18.0 Å². The van der Waals surface area contributed by atoms with Gasteiger partial charge in [-0.2, -0.15) is 13.2 Å². The van der Waals surface area contributed by atoms with Crippen molar-refractivity contribution in [3.63, 3.8) is 0 Å². The minimum Gasteiger partial charge on any atom is -0.497 e. The van der Waals surface area contributed by atoms with Crippen LogP contribution in [-0.4, -0.2) is 50.2 Å². The van der Waals surface area contributed by atoms with Crippen LogP contribution in [0.5, 0.6) is 11.5 Å². The van der Waals surface area contributed by atoms with E-state index in [1.807, 2.05) is 0 Å². The number of amides is 2. The van der Waals surface area contributed by atoms with Gasteiger partial charge in [0.1, 0.15) is 11.5 Å². The van der Waals surface area contributed by atoms with Crippen LogP contribution in [0.4, 0.5) is 18.9 Å². The van der Waals surface area contributed by atoms with Crippen molar-refractivity contribution in [2.24, 2.45) is 5.92 Å². The Hall–Kier alpha value is -2.45. The molecule has 0 atom stereocenters. The highest BCUT2D eigenvalue weighted by molar-refractivity contribution is 5.94. The quantitative estimate of drug-likeness (QED) is 0.896. The van der Waals surface area contributed by atoms with Crippen LogP contribution in [0.25, 0.3) is 0 Å². The first-order chi connectivity index (χ1) is 11.8. The minimum atomic E-state index is -4.88. The number of hydrogen-bond donors (Lipinski definition) is 1. The fourth-order valence-corrected chi connectivity index (χ4v) is 2.66. The van der Waals surface area contributed by atoms with E-state index in [9.17, 15) is 22.8 Å². The van der Waals surface area contributed by atoms with E-state index in [1.165, 1.54) is 14.2 Å². The van der Waals surface area contributed by atoms with E-state index in [4.69, 9.17) is 9.47 Å². The number of methoxy groups -OCH3 is 2. The number of benzene rings is 1. The lowest BCUT2D eigenvalue weighted by Gasteiger charge is -2.31. The molecule has 0 radical (unpaired) electrons. The van der Waals surface area contributed by atoms with Crippen LogP contribution < -0.4 is 14.8 Å². The number of nitrogens with zero attached hydrogens (tertiary/aromatic N) is 1. The zero-order valence-electron chi connectivity index (χ0n) is 13.9. The zero-order valence-corrected chi connectivity index (χ0v) is 13.9. The summed E-state index contributed by atoms with van der Waals surface area (Å²) in [6, 6.07) is 4.89. The van der Waals surface area contributed by atoms with Crippen LogP contribution >= 0.6 is 0 Å². The van der Waals surface area contributed by atoms with E-state index in [-0.39, 0.29) is 31.8 Å². The predicted molar refractivity (Wildman–Crippen MR) is 83.5 cm³/mol. The van der Waals surface area contributed by atoms with Gasteiger partial charge in [0.05, 0.1) is 19.9 Å². The summed E-state index contributed by atoms with van der Waals surface area (Å²) in [4.78, 5) is 24.3. The molecule has 0 saturated carbocycles. The number of carbonyl (C=O) groups excluding carboxylic acids is 2. The summed E-state index contributed by atoms with van der Waals surface area (Å²) in [5.74, 6) is -1.67. The zero-order chi connectivity index (χ0) is 18.6. The average molecular weight is 360 g/mol. The first kappa shape index (κ1) is 18.9. The highest BCUT2D eigenvalue weighted by Crippen LogP contribution is 2.30. The number of nitrogens with one attached hydrogen (secondary N) is 1. The van der Waals surface area contributed by atoms with Crippen molar-refractivity contribution >= 4 is 17.5 Å². The molecule has 6 nitrogen and oxygen atoms in total. The molecule has 0 spiro atoms. The minimum absolute atomic E-state index is 0.101. The summed E-state index contributed by atoms with van der Waals surface area (Å²) in [7, 11) is 2.95. The molecule has 1 aromatic carbocycles. The molecule has 0 aromatic heterocycles. The van der Waals surface area contributed by atoms with Crippen molar-refractivity contribution in [3.8, 4) is 11.5 Å². The number of carbonyl (C=O) groups is 2. The lowest BCUT2D eigenvalue weighted by Crippen LogP contribution is -2.46. The maximum Gasteiger partial charge on any atom is 0.471 e. The molecular weight excluding hydrogens is 341 g/mol. The first-order valence-corrected chi connectivity index (χ1v) is 7.65. The van der Waals surface area contributed by atoms with Crippen molar-refractivity contribution in [1.29, 1.82) is 0 Å². The molecule has 2 amide bonds. The molecule has 2 rings (SSSR count). The van der Waals surface area contributed by atoms with E-state index in [0.29, 0.717) is 17.2 Å². The second kappa shape index (κ2) is 7.62. The number of halogens is 3. The fourth-order valence-electron chi connectivity index (χ4n) is 2.66. The molecule has 1 aromatic rings. The SMILES string of the molecule is COc1ccc(NC(=O)C2CCN(C(=O)C(F)(F)F)CC2)c(OC)c1. The molecule has 0 unspecified atom stereocenters. The van der Waals surface area contributed by atoms with Crippen LogP contribution in [0.3, 0.4) is 0 Å². The predicted octanol–water partition coefficient (Wildman–Crippen LogP) is 2.44. The summed E-state index contributed by atoms with van der Waals surface area (Å²) in [6.07, 6.45) is -4.54. The number of rotatable bonds is 4. The van der Waals surface area contributed by atoms with Gasteiger partial charge in [0.25, 0.3) is 0 Å². The highest BCUT2D eigenvalue weighted by atomic mass is 19.4. The Bertz CT molecular complexity index is 641. The number of ether oxygens (including phenoxy) is 2. The second-order valence-corrected chi connectivity index (χ2v) is 5.62. The third-order valence-electron chi connectivity index (χ3n) is 4.06. The Kier molecular flexibility index (Phi) is 5.76. The van der Waals surface area contributed by atoms with Gasteiger partial charge < -0.3 is 19.7 Å². The molecule has 0 aliphatic carbocycles. The Labute approximate surface area is 142 Å². The maximum absolute atomic E-state index is 12.4. The molecule has 138 valence electrons. The molecule has 1 heterocycles. The molecule has 1 fully saturated rings. The van der Waals surface area contributed by atoms with E-state index in [2.05, 4.69) is 5.32 Å². The summed E-state index contributed by atoms with van der Waals surface area (Å²) in [6.45, 7) is -0.202. The fraction of sp³-hybridized carbons (Fsp3) is 0.500. The first-order valence-electron chi connectivity index (χ1n) is 7.65. The van der Waals surface area contributed by atoms with E-state index >= 15 is 0 Å². The Morgan fingerprint density at radius 1 is 1.16 bits per heavy atom. The molecule has 9 heteroatoms. The van der Waals surface area contributed by atoms with E-state index in [0.717, 1.165) is 4.90 Å². The van der Waals surface area contributed by atoms with Gasteiger partial charge in [-0.15, -0.1) is 0 Å². The number of piperidine rings is 1. The number of alkyl halides is 3. The average Bonchev–Trinajstić information content (AvgIpc) is 2.60. The van der Waals surface area contributed by atoms with Crippen molar-refractivity contribution < 1.29 is 32.2 Å². The van der Waals surface area contributed by atoms with Gasteiger partial charge in [-0.3, -0.25) is 9.59 Å². The normalized spacial score (nSPS) is 15.6. The molecule has 1 aliphatic heterocycles. The third kappa shape index (κ3) is 4.55. The monoisotopic (exact) mass is 360 g/mol. The van der Waals surface area contributed by atoms with Gasteiger partial charge in [-0.25, -0.2) is 0 Å². The van der Waals surface area contributed by atoms with Crippen LogP contribution in [0.1, 0.15) is 12.8 Å². The van der Waals surface area contributed by atoms with Crippen molar-refractivity contribution in [1.82, 2.24) is 4.90 Å². The summed E-state index contributed by atoms with van der Waals surface area (Å²) < 4.78 is 47.5. The topological polar surface area (TPSA) is 67.9 Å². The van der Waals surface area contributed by atoms with Gasteiger partial charge in [-0.05, 0) is 25.0 Å². The van der Waals surface area contributed by atoms with Gasteiger partial charge in [0.15, 0.2) is 0 Å². The smallest absolute Gasteiger partial charge is 0.471 e. The van der Waals surface area contributed by atoms with Crippen molar-refractivity contribution in [2.75, 3.05) is 32.6 Å². The van der Waals surface area contributed by atoms with Crippen molar-refractivity contribution in [2.45, 2.75) is 19.0 Å². The molecule has 1 saturated heterocycles. The van der Waals surface area contributed by atoms with Gasteiger partial charge >= 0.3 is 12.1 Å². The second-order valence-electron chi connectivity index (χ2n) is 5.62. The summed E-state index contributed by atoms with van der Waals surface area (Å²) in [5, 5.41) is 2.71. The summed E-state index contributed by atoms with van der Waals surface area (Å²) >= 11 is 0. The number of hydrogen-bond acceptors (Lipinski definition) is 4. The summed E-state index contributed by atoms with van der Waals surface area (Å²) in [5.41, 5.74) is 0.446. The van der Waals surface area contributed by atoms with Gasteiger partial charge in [0.2, 0.25) is 5.91 Å². The lowest BCUT2D eigenvalue weighted by atomic mass is 9.95. The molecule has 1 aliphatic rings. The largest absolute Gasteiger partial charge is 0.497 e. The van der Waals surface area contributed by atoms with E-state index in [1.54, 1.807) is 18.2 Å². The maximum atomic E-state index is 12.4. The Morgan fingerprint density at radius 2 is 1.80 bits per heavy atom. The molecular formula is C16H19F3N2O4. The van der Waals surface area contributed by atoms with Crippen LogP contribution in [0, 0.1) is 5.92 Å². The van der Waals surface area contributed by atoms with Gasteiger partial charge in [-0.1, -0.05) is 0 Å². The molecule has 0 bridgehead atoms. The molecule has 1 N–H and O–H groups in total. The van der Waals surface area contributed by atoms with Crippen LogP contribution in [0.2, 0.25) is 0 Å². The van der Waals surface area contributed by atoms with Crippen LogP contribution in [-0.2, 0) is 9.59 Å². The number of anilines is 1. The third-order valence-corrected chi connectivity index (χ3v) is 4.06. The lowest BCUT2D eigenvalue weighted by molar-refractivity contribution is -0.186. The van der Waals surface area contributed by atoms with Crippen LogP contribution in [0.15, 0.2) is 18.2 Å². The Balaban J connectivity index is 1.96. The number of likely N-dealkylation sites (tertiary alicyclic amines) is 1. The van der Waals surface area contributed by atoms with Crippen molar-refractivity contribution in [3.05, 3.63) is 18.2 Å². The standard InChI is InChI=1S/C16H19F3N2O4/c1-24-11-3-4-12(13(9-11)25-2)20-14(22)10-5-7-21(8-6-10)15(23)16(17,18)19/h3-4,9-10H,5-8H2,1-2H3,(H,20,22). The van der Waals surface area contributed by atoms with Gasteiger partial charge in [0, 0.05) is 25.1 Å². The molecule has 25 heavy (non-hydrogen) atoms. The Morgan fingerprint density at radius 3 is 2.32 bits per heavy atom.